The highest BCUT2D eigenvalue weighted by molar-refractivity contribution is 7.89. The van der Waals surface area contributed by atoms with Crippen molar-refractivity contribution in [1.29, 1.82) is 0 Å². The van der Waals surface area contributed by atoms with Gasteiger partial charge in [0.05, 0.1) is 24.7 Å². The lowest BCUT2D eigenvalue weighted by Crippen LogP contribution is -2.50. The number of hydrogen-bond acceptors (Lipinski definition) is 5. The van der Waals surface area contributed by atoms with Crippen molar-refractivity contribution in [2.24, 2.45) is 0 Å². The maximum Gasteiger partial charge on any atom is 0.218 e. The van der Waals surface area contributed by atoms with Crippen LogP contribution in [0.4, 0.5) is 0 Å². The molecular weight excluding hydrogens is 316 g/mol. The Kier molecular flexibility index (Phi) is 5.15. The van der Waals surface area contributed by atoms with Crippen molar-refractivity contribution in [2.75, 3.05) is 39.4 Å². The van der Waals surface area contributed by atoms with Gasteiger partial charge in [0.2, 0.25) is 10.0 Å². The van der Waals surface area contributed by atoms with E-state index in [-0.39, 0.29) is 5.25 Å². The monoisotopic (exact) mass is 340 g/mol. The van der Waals surface area contributed by atoms with Crippen LogP contribution in [0.3, 0.4) is 0 Å². The lowest BCUT2D eigenvalue weighted by atomic mass is 10.1. The summed E-state index contributed by atoms with van der Waals surface area (Å²) in [5.74, 6) is 0. The third-order valence-corrected chi connectivity index (χ3v) is 6.77. The lowest BCUT2D eigenvalue weighted by molar-refractivity contribution is 0.0719. The average molecular weight is 340 g/mol. The summed E-state index contributed by atoms with van der Waals surface area (Å²) in [6, 6.07) is 0. The van der Waals surface area contributed by atoms with Crippen molar-refractivity contribution < 1.29 is 13.2 Å². The molecule has 0 radical (unpaired) electrons. The van der Waals surface area contributed by atoms with E-state index in [1.165, 1.54) is 0 Å². The third-order valence-electron chi connectivity index (χ3n) is 4.46. The largest absolute Gasteiger partial charge is 0.379 e. The van der Waals surface area contributed by atoms with Gasteiger partial charge in [0.15, 0.2) is 0 Å². The van der Waals surface area contributed by atoms with Gasteiger partial charge >= 0.3 is 0 Å². The van der Waals surface area contributed by atoms with Crippen LogP contribution in [0.5, 0.6) is 0 Å². The fourth-order valence-electron chi connectivity index (χ4n) is 3.23. The van der Waals surface area contributed by atoms with Crippen LogP contribution in [-0.4, -0.2) is 72.0 Å². The van der Waals surface area contributed by atoms with Crippen LogP contribution in [0.15, 0.2) is 19.0 Å². The molecule has 8 heteroatoms. The SMILES string of the molecule is C=Cn1cc(CN2CCC[C@@H](S(=O)(=O)N3CCOCC3)C2)cn1. The van der Waals surface area contributed by atoms with Crippen molar-refractivity contribution in [3.63, 3.8) is 0 Å². The minimum Gasteiger partial charge on any atom is -0.379 e. The van der Waals surface area contributed by atoms with Gasteiger partial charge < -0.3 is 4.74 Å². The quantitative estimate of drug-likeness (QED) is 0.786. The molecule has 2 aliphatic rings. The van der Waals surface area contributed by atoms with Crippen LogP contribution < -0.4 is 0 Å². The lowest BCUT2D eigenvalue weighted by Gasteiger charge is -2.36. The molecule has 0 aliphatic carbocycles. The average Bonchev–Trinajstić information content (AvgIpc) is 3.03. The van der Waals surface area contributed by atoms with E-state index >= 15 is 0 Å². The normalized spacial score (nSPS) is 24.6. The number of morpholine rings is 1. The maximum absolute atomic E-state index is 12.8. The Bertz CT molecular complexity index is 637. The molecule has 0 saturated carbocycles. The Hall–Kier alpha value is -1.22. The van der Waals surface area contributed by atoms with Gasteiger partial charge in [0, 0.05) is 44.1 Å². The zero-order valence-corrected chi connectivity index (χ0v) is 14.1. The third kappa shape index (κ3) is 3.82. The molecule has 0 amide bonds. The number of likely N-dealkylation sites (tertiary alicyclic amines) is 1. The summed E-state index contributed by atoms with van der Waals surface area (Å²) < 4.78 is 34.1. The van der Waals surface area contributed by atoms with Gasteiger partial charge in [0.1, 0.15) is 0 Å². The zero-order valence-electron chi connectivity index (χ0n) is 13.3. The predicted octanol–water partition coefficient (Wildman–Crippen LogP) is 0.610. The van der Waals surface area contributed by atoms with Gasteiger partial charge in [-0.15, -0.1) is 0 Å². The molecule has 1 aromatic heterocycles. The molecule has 1 aromatic rings. The number of aromatic nitrogens is 2. The Morgan fingerprint density at radius 2 is 2.13 bits per heavy atom. The Balaban J connectivity index is 1.64. The highest BCUT2D eigenvalue weighted by Gasteiger charge is 2.36. The van der Waals surface area contributed by atoms with E-state index in [0.29, 0.717) is 32.8 Å². The van der Waals surface area contributed by atoms with Crippen LogP contribution in [-0.2, 0) is 21.3 Å². The number of nitrogens with zero attached hydrogens (tertiary/aromatic N) is 4. The minimum atomic E-state index is -3.24. The van der Waals surface area contributed by atoms with Gasteiger partial charge in [0.25, 0.3) is 0 Å². The molecule has 1 atom stereocenters. The Morgan fingerprint density at radius 1 is 1.35 bits per heavy atom. The minimum absolute atomic E-state index is 0.316. The summed E-state index contributed by atoms with van der Waals surface area (Å²) in [7, 11) is -3.24. The van der Waals surface area contributed by atoms with Gasteiger partial charge in [-0.1, -0.05) is 6.58 Å². The second kappa shape index (κ2) is 7.12. The molecule has 2 aliphatic heterocycles. The highest BCUT2D eigenvalue weighted by Crippen LogP contribution is 2.22. The molecule has 3 rings (SSSR count). The summed E-state index contributed by atoms with van der Waals surface area (Å²) in [4.78, 5) is 2.20. The molecule has 2 saturated heterocycles. The molecule has 7 nitrogen and oxygen atoms in total. The van der Waals surface area contributed by atoms with Crippen LogP contribution >= 0.6 is 0 Å². The number of piperidine rings is 1. The summed E-state index contributed by atoms with van der Waals surface area (Å²) in [6.07, 6.45) is 7.02. The summed E-state index contributed by atoms with van der Waals surface area (Å²) in [5, 5.41) is 3.86. The molecule has 23 heavy (non-hydrogen) atoms. The second-order valence-corrected chi connectivity index (χ2v) is 8.28. The zero-order chi connectivity index (χ0) is 16.3. The van der Waals surface area contributed by atoms with E-state index in [2.05, 4.69) is 16.6 Å². The smallest absolute Gasteiger partial charge is 0.218 e. The summed E-state index contributed by atoms with van der Waals surface area (Å²) in [6.45, 7) is 7.86. The number of hydrogen-bond donors (Lipinski definition) is 0. The van der Waals surface area contributed by atoms with E-state index in [0.717, 1.165) is 31.5 Å². The van der Waals surface area contributed by atoms with Crippen molar-refractivity contribution in [2.45, 2.75) is 24.6 Å². The van der Waals surface area contributed by atoms with Gasteiger partial charge in [-0.3, -0.25) is 4.90 Å². The Labute approximate surface area is 137 Å². The number of ether oxygens (including phenoxy) is 1. The molecule has 0 unspecified atom stereocenters. The first-order chi connectivity index (χ1) is 11.1. The van der Waals surface area contributed by atoms with E-state index in [9.17, 15) is 8.42 Å². The Morgan fingerprint density at radius 3 is 2.83 bits per heavy atom. The van der Waals surface area contributed by atoms with Crippen LogP contribution in [0.2, 0.25) is 0 Å². The second-order valence-electron chi connectivity index (χ2n) is 6.07. The summed E-state index contributed by atoms with van der Waals surface area (Å²) in [5.41, 5.74) is 1.08. The predicted molar refractivity (Wildman–Crippen MR) is 88.2 cm³/mol. The first-order valence-electron chi connectivity index (χ1n) is 8.04. The van der Waals surface area contributed by atoms with Gasteiger partial charge in [-0.25, -0.2) is 13.1 Å². The molecule has 0 bridgehead atoms. The molecule has 2 fully saturated rings. The standard InChI is InChI=1S/C15H24N4O3S/c1-2-18-12-14(10-16-18)11-17-5-3-4-15(13-17)23(20,21)19-6-8-22-9-7-19/h2,10,12,15H,1,3-9,11,13H2/t15-/m1/s1. The van der Waals surface area contributed by atoms with E-state index in [4.69, 9.17) is 4.74 Å². The number of rotatable bonds is 5. The molecule has 0 N–H and O–H groups in total. The maximum atomic E-state index is 12.8. The summed E-state index contributed by atoms with van der Waals surface area (Å²) >= 11 is 0. The van der Waals surface area contributed by atoms with Crippen molar-refractivity contribution in [3.05, 3.63) is 24.5 Å². The van der Waals surface area contributed by atoms with Gasteiger partial charge in [-0.2, -0.15) is 9.40 Å². The first kappa shape index (κ1) is 16.6. The topological polar surface area (TPSA) is 67.7 Å². The fourth-order valence-corrected chi connectivity index (χ4v) is 5.17. The molecule has 3 heterocycles. The van der Waals surface area contributed by atoms with E-state index in [1.54, 1.807) is 15.2 Å². The molecular formula is C15H24N4O3S. The molecule has 0 aromatic carbocycles. The molecule has 0 spiro atoms. The first-order valence-corrected chi connectivity index (χ1v) is 9.54. The van der Waals surface area contributed by atoms with E-state index in [1.807, 2.05) is 12.4 Å². The highest BCUT2D eigenvalue weighted by atomic mass is 32.2. The van der Waals surface area contributed by atoms with Crippen molar-refractivity contribution in [3.8, 4) is 0 Å². The number of sulfonamides is 1. The van der Waals surface area contributed by atoms with Crippen LogP contribution in [0.25, 0.3) is 6.20 Å². The van der Waals surface area contributed by atoms with Crippen LogP contribution in [0.1, 0.15) is 18.4 Å². The van der Waals surface area contributed by atoms with Crippen molar-refractivity contribution in [1.82, 2.24) is 19.0 Å². The van der Waals surface area contributed by atoms with Crippen molar-refractivity contribution >= 4 is 16.2 Å². The fraction of sp³-hybridized carbons (Fsp3) is 0.667. The molecule has 128 valence electrons. The van der Waals surface area contributed by atoms with Crippen LogP contribution in [0, 0.1) is 0 Å². The van der Waals surface area contributed by atoms with E-state index < -0.39 is 10.0 Å². The van der Waals surface area contributed by atoms with Gasteiger partial charge in [-0.05, 0) is 19.4 Å².